The number of nitrogens with zero attached hydrogens (tertiary/aromatic N) is 3. The summed E-state index contributed by atoms with van der Waals surface area (Å²) in [6.45, 7) is 3.86. The summed E-state index contributed by atoms with van der Waals surface area (Å²) in [5.41, 5.74) is 0.866. The molecule has 2 aromatic rings. The van der Waals surface area contributed by atoms with Gasteiger partial charge >= 0.3 is 0 Å². The van der Waals surface area contributed by atoms with Gasteiger partial charge in [-0.3, -0.25) is 0 Å². The molecule has 3 rings (SSSR count). The Labute approximate surface area is 99.8 Å². The molecule has 17 heavy (non-hydrogen) atoms. The topological polar surface area (TPSA) is 51.5 Å². The Morgan fingerprint density at radius 2 is 2.47 bits per heavy atom. The monoisotopic (exact) mass is 232 g/mol. The maximum absolute atomic E-state index is 5.39. The van der Waals surface area contributed by atoms with Gasteiger partial charge in [0.05, 0.1) is 6.61 Å². The van der Waals surface area contributed by atoms with E-state index in [-0.39, 0.29) is 0 Å². The van der Waals surface area contributed by atoms with Gasteiger partial charge in [0.2, 0.25) is 5.95 Å². The van der Waals surface area contributed by atoms with Crippen LogP contribution in [0.3, 0.4) is 0 Å². The number of rotatable bonds is 3. The molecule has 1 aliphatic heterocycles. The summed E-state index contributed by atoms with van der Waals surface area (Å²) < 4.78 is 7.17. The van der Waals surface area contributed by atoms with Gasteiger partial charge in [-0.05, 0) is 25.5 Å². The van der Waals surface area contributed by atoms with E-state index in [4.69, 9.17) is 4.74 Å². The Kier molecular flexibility index (Phi) is 2.68. The number of aromatic nitrogens is 3. The van der Waals surface area contributed by atoms with Crippen molar-refractivity contribution in [1.29, 1.82) is 0 Å². The van der Waals surface area contributed by atoms with E-state index >= 15 is 0 Å². The standard InChI is InChI=1S/C12H16N4O/c1-9(10-5-7-17-8-10)13-12-14-11-4-2-3-6-16(11)15-12/h2-4,6,9-10H,5,7-8H2,1H3,(H,13,15). The first-order chi connectivity index (χ1) is 8.33. The molecule has 2 unspecified atom stereocenters. The van der Waals surface area contributed by atoms with E-state index in [0.29, 0.717) is 17.9 Å². The van der Waals surface area contributed by atoms with Crippen molar-refractivity contribution < 1.29 is 4.74 Å². The molecule has 0 amide bonds. The Hall–Kier alpha value is -1.62. The summed E-state index contributed by atoms with van der Waals surface area (Å²) in [5.74, 6) is 1.25. The van der Waals surface area contributed by atoms with E-state index in [0.717, 1.165) is 25.3 Å². The van der Waals surface area contributed by atoms with Crippen LogP contribution in [0.25, 0.3) is 5.65 Å². The summed E-state index contributed by atoms with van der Waals surface area (Å²) in [6, 6.07) is 6.19. The largest absolute Gasteiger partial charge is 0.381 e. The second-order valence-electron chi connectivity index (χ2n) is 4.50. The van der Waals surface area contributed by atoms with Crippen molar-refractivity contribution in [2.45, 2.75) is 19.4 Å². The summed E-state index contributed by atoms with van der Waals surface area (Å²) in [6.07, 6.45) is 3.01. The fourth-order valence-electron chi connectivity index (χ4n) is 2.16. The van der Waals surface area contributed by atoms with Crippen LogP contribution in [0.1, 0.15) is 13.3 Å². The fourth-order valence-corrected chi connectivity index (χ4v) is 2.16. The van der Waals surface area contributed by atoms with Crippen LogP contribution in [0.15, 0.2) is 24.4 Å². The van der Waals surface area contributed by atoms with Crippen molar-refractivity contribution in [2.75, 3.05) is 18.5 Å². The van der Waals surface area contributed by atoms with Gasteiger partial charge in [-0.1, -0.05) is 6.07 Å². The minimum atomic E-state index is 0.343. The minimum Gasteiger partial charge on any atom is -0.381 e. The molecule has 5 heteroatoms. The summed E-state index contributed by atoms with van der Waals surface area (Å²) in [5, 5.41) is 7.73. The van der Waals surface area contributed by atoms with Gasteiger partial charge < -0.3 is 10.1 Å². The Morgan fingerprint density at radius 3 is 3.24 bits per heavy atom. The molecule has 0 saturated carbocycles. The highest BCUT2D eigenvalue weighted by atomic mass is 16.5. The summed E-state index contributed by atoms with van der Waals surface area (Å²) in [4.78, 5) is 4.42. The summed E-state index contributed by atoms with van der Waals surface area (Å²) >= 11 is 0. The Balaban J connectivity index is 1.75. The maximum Gasteiger partial charge on any atom is 0.243 e. The number of fused-ring (bicyclic) bond motifs is 1. The Morgan fingerprint density at radius 1 is 1.53 bits per heavy atom. The average molecular weight is 232 g/mol. The molecule has 0 spiro atoms. The van der Waals surface area contributed by atoms with Crippen molar-refractivity contribution >= 4 is 11.6 Å². The third kappa shape index (κ3) is 2.10. The van der Waals surface area contributed by atoms with Crippen LogP contribution in [0.4, 0.5) is 5.95 Å². The first-order valence-electron chi connectivity index (χ1n) is 5.98. The smallest absolute Gasteiger partial charge is 0.243 e. The molecule has 1 saturated heterocycles. The van der Waals surface area contributed by atoms with Crippen LogP contribution in [0, 0.1) is 5.92 Å². The van der Waals surface area contributed by atoms with Gasteiger partial charge in [0, 0.05) is 24.8 Å². The van der Waals surface area contributed by atoms with Crippen molar-refractivity contribution in [1.82, 2.24) is 14.6 Å². The molecule has 2 atom stereocenters. The second-order valence-corrected chi connectivity index (χ2v) is 4.50. The van der Waals surface area contributed by atoms with Crippen LogP contribution in [-0.4, -0.2) is 33.9 Å². The number of hydrogen-bond acceptors (Lipinski definition) is 4. The fraction of sp³-hybridized carbons (Fsp3) is 0.500. The van der Waals surface area contributed by atoms with E-state index < -0.39 is 0 Å². The molecule has 2 aromatic heterocycles. The predicted octanol–water partition coefficient (Wildman–Crippen LogP) is 1.57. The zero-order valence-corrected chi connectivity index (χ0v) is 9.84. The maximum atomic E-state index is 5.39. The summed E-state index contributed by atoms with van der Waals surface area (Å²) in [7, 11) is 0. The molecule has 0 radical (unpaired) electrons. The molecule has 0 bridgehead atoms. The Bertz CT molecular complexity index is 471. The molecular weight excluding hydrogens is 216 g/mol. The first-order valence-corrected chi connectivity index (χ1v) is 5.98. The third-order valence-corrected chi connectivity index (χ3v) is 3.27. The number of pyridine rings is 1. The highest BCUT2D eigenvalue weighted by molar-refractivity contribution is 5.43. The highest BCUT2D eigenvalue weighted by Crippen LogP contribution is 2.19. The SMILES string of the molecule is CC(Nc1nc2ccccn2n1)C1CCOC1. The van der Waals surface area contributed by atoms with Gasteiger partial charge in [-0.25, -0.2) is 4.52 Å². The van der Waals surface area contributed by atoms with Gasteiger partial charge in [-0.15, -0.1) is 5.10 Å². The lowest BCUT2D eigenvalue weighted by Crippen LogP contribution is -2.26. The van der Waals surface area contributed by atoms with Crippen molar-refractivity contribution in [3.8, 4) is 0 Å². The zero-order valence-electron chi connectivity index (χ0n) is 9.84. The van der Waals surface area contributed by atoms with Gasteiger partial charge in [0.1, 0.15) is 0 Å². The normalized spacial score (nSPS) is 21.8. The average Bonchev–Trinajstić information content (AvgIpc) is 2.97. The van der Waals surface area contributed by atoms with E-state index in [1.54, 1.807) is 4.52 Å². The number of hydrogen-bond donors (Lipinski definition) is 1. The quantitative estimate of drug-likeness (QED) is 0.872. The van der Waals surface area contributed by atoms with Crippen molar-refractivity contribution in [3.63, 3.8) is 0 Å². The molecule has 5 nitrogen and oxygen atoms in total. The molecule has 90 valence electrons. The van der Waals surface area contributed by atoms with Crippen LogP contribution in [0.5, 0.6) is 0 Å². The lowest BCUT2D eigenvalue weighted by atomic mass is 10.0. The van der Waals surface area contributed by atoms with Crippen LogP contribution in [0.2, 0.25) is 0 Å². The lowest BCUT2D eigenvalue weighted by Gasteiger charge is -2.17. The van der Waals surface area contributed by atoms with Crippen molar-refractivity contribution in [2.24, 2.45) is 5.92 Å². The van der Waals surface area contributed by atoms with E-state index in [9.17, 15) is 0 Å². The van der Waals surface area contributed by atoms with Gasteiger partial charge in [0.25, 0.3) is 0 Å². The minimum absolute atomic E-state index is 0.343. The lowest BCUT2D eigenvalue weighted by molar-refractivity contribution is 0.183. The van der Waals surface area contributed by atoms with Crippen molar-refractivity contribution in [3.05, 3.63) is 24.4 Å². The number of ether oxygens (including phenoxy) is 1. The van der Waals surface area contributed by atoms with Gasteiger partial charge in [-0.2, -0.15) is 4.98 Å². The molecule has 0 aromatic carbocycles. The van der Waals surface area contributed by atoms with Gasteiger partial charge in [0.15, 0.2) is 5.65 Å². The molecule has 0 aliphatic carbocycles. The molecule has 1 aliphatic rings. The second kappa shape index (κ2) is 4.33. The van der Waals surface area contributed by atoms with Crippen LogP contribution >= 0.6 is 0 Å². The predicted molar refractivity (Wildman–Crippen MR) is 65.0 cm³/mol. The molecule has 1 fully saturated rings. The third-order valence-electron chi connectivity index (χ3n) is 3.27. The highest BCUT2D eigenvalue weighted by Gasteiger charge is 2.22. The van der Waals surface area contributed by atoms with Crippen LogP contribution in [-0.2, 0) is 4.74 Å². The zero-order chi connectivity index (χ0) is 11.7. The van der Waals surface area contributed by atoms with Crippen LogP contribution < -0.4 is 5.32 Å². The number of nitrogens with one attached hydrogen (secondary N) is 1. The molecular formula is C12H16N4O. The molecule has 3 heterocycles. The first kappa shape index (κ1) is 10.5. The van der Waals surface area contributed by atoms with E-state index in [1.807, 2.05) is 24.4 Å². The number of anilines is 1. The molecule has 1 N–H and O–H groups in total. The van der Waals surface area contributed by atoms with E-state index in [1.165, 1.54) is 0 Å². The van der Waals surface area contributed by atoms with E-state index in [2.05, 4.69) is 22.3 Å².